The number of hydrogen-bond donors (Lipinski definition) is 2. The molecule has 9 heteroatoms. The number of amides is 1. The maximum Gasteiger partial charge on any atom is 0.240 e. The zero-order valence-electron chi connectivity index (χ0n) is 14.5. The van der Waals surface area contributed by atoms with Crippen LogP contribution in [0.4, 0.5) is 0 Å². The quantitative estimate of drug-likeness (QED) is 0.634. The van der Waals surface area contributed by atoms with Crippen molar-refractivity contribution < 1.29 is 13.2 Å². The lowest BCUT2D eigenvalue weighted by Crippen LogP contribution is -2.30. The number of carbonyl (C=O) groups is 1. The molecule has 142 valence electrons. The van der Waals surface area contributed by atoms with Gasteiger partial charge in [0, 0.05) is 23.2 Å². The molecule has 0 unspecified atom stereocenters. The number of thiophene rings is 1. The summed E-state index contributed by atoms with van der Waals surface area (Å²) in [4.78, 5) is 13.3. The van der Waals surface area contributed by atoms with Gasteiger partial charge in [-0.3, -0.25) is 4.79 Å². The summed E-state index contributed by atoms with van der Waals surface area (Å²) in [5.41, 5.74) is 0.736. The van der Waals surface area contributed by atoms with Gasteiger partial charge >= 0.3 is 0 Å². The molecule has 0 spiro atoms. The fourth-order valence-electron chi connectivity index (χ4n) is 2.13. The standard InChI is InChI=1S/C17H21ClN2O3S3/c1-12(2)20-26(22,23)15-5-3-4-13(8-15)9-19-17(21)11-24-10-14-6-7-16(18)25-14/h3-8,12,20H,9-11H2,1-2H3,(H,19,21). The average molecular weight is 433 g/mol. The Bertz CT molecular complexity index is 850. The molecule has 1 aromatic carbocycles. The third-order valence-corrected chi connectivity index (χ3v) is 7.25. The zero-order valence-corrected chi connectivity index (χ0v) is 17.7. The maximum atomic E-state index is 12.2. The largest absolute Gasteiger partial charge is 0.351 e. The molecule has 0 saturated heterocycles. The SMILES string of the molecule is CC(C)NS(=O)(=O)c1cccc(CNC(=O)CSCc2ccc(Cl)s2)c1. The van der Waals surface area contributed by atoms with Crippen LogP contribution in [0.25, 0.3) is 0 Å². The molecule has 0 atom stereocenters. The number of carbonyl (C=O) groups excluding carboxylic acids is 1. The first-order chi connectivity index (χ1) is 12.3. The van der Waals surface area contributed by atoms with E-state index in [1.807, 2.05) is 12.1 Å². The number of benzene rings is 1. The van der Waals surface area contributed by atoms with Gasteiger partial charge in [0.2, 0.25) is 15.9 Å². The Labute approximate surface area is 167 Å². The Morgan fingerprint density at radius 3 is 2.69 bits per heavy atom. The Kier molecular flexibility index (Phi) is 7.97. The number of halogens is 1. The molecule has 0 aliphatic heterocycles. The highest BCUT2D eigenvalue weighted by atomic mass is 35.5. The van der Waals surface area contributed by atoms with E-state index in [0.29, 0.717) is 5.75 Å². The topological polar surface area (TPSA) is 75.3 Å². The molecule has 0 radical (unpaired) electrons. The van der Waals surface area contributed by atoms with Gasteiger partial charge in [-0.25, -0.2) is 13.1 Å². The molecule has 0 fully saturated rings. The van der Waals surface area contributed by atoms with Crippen molar-refractivity contribution in [2.45, 2.75) is 37.1 Å². The molecule has 5 nitrogen and oxygen atoms in total. The van der Waals surface area contributed by atoms with Crippen molar-refractivity contribution in [3.8, 4) is 0 Å². The summed E-state index contributed by atoms with van der Waals surface area (Å²) >= 11 is 8.89. The van der Waals surface area contributed by atoms with Crippen LogP contribution in [0.5, 0.6) is 0 Å². The van der Waals surface area contributed by atoms with Crippen molar-refractivity contribution in [2.24, 2.45) is 0 Å². The Balaban J connectivity index is 1.83. The van der Waals surface area contributed by atoms with Crippen LogP contribution >= 0.6 is 34.7 Å². The lowest BCUT2D eigenvalue weighted by atomic mass is 10.2. The zero-order chi connectivity index (χ0) is 19.2. The van der Waals surface area contributed by atoms with Crippen LogP contribution in [-0.4, -0.2) is 26.1 Å². The summed E-state index contributed by atoms with van der Waals surface area (Å²) in [7, 11) is -3.54. The highest BCUT2D eigenvalue weighted by Crippen LogP contribution is 2.25. The minimum Gasteiger partial charge on any atom is -0.351 e. The molecule has 0 aliphatic carbocycles. The lowest BCUT2D eigenvalue weighted by Gasteiger charge is -2.11. The van der Waals surface area contributed by atoms with Crippen molar-refractivity contribution in [1.29, 1.82) is 0 Å². The summed E-state index contributed by atoms with van der Waals surface area (Å²) < 4.78 is 27.7. The average Bonchev–Trinajstić information content (AvgIpc) is 2.97. The molecular formula is C17H21ClN2O3S3. The molecule has 1 amide bonds. The Morgan fingerprint density at radius 2 is 2.04 bits per heavy atom. The number of thioether (sulfide) groups is 1. The summed E-state index contributed by atoms with van der Waals surface area (Å²) in [6, 6.07) is 10.2. The van der Waals surface area contributed by atoms with Crippen LogP contribution < -0.4 is 10.0 Å². The third kappa shape index (κ3) is 6.92. The smallest absolute Gasteiger partial charge is 0.240 e. The monoisotopic (exact) mass is 432 g/mol. The normalized spacial score (nSPS) is 11.7. The molecule has 0 saturated carbocycles. The van der Waals surface area contributed by atoms with E-state index in [1.54, 1.807) is 32.0 Å². The van der Waals surface area contributed by atoms with Gasteiger partial charge in [0.15, 0.2) is 0 Å². The number of sulfonamides is 1. The molecule has 2 aromatic rings. The van der Waals surface area contributed by atoms with Gasteiger partial charge in [0.25, 0.3) is 0 Å². The number of nitrogens with one attached hydrogen (secondary N) is 2. The van der Waals surface area contributed by atoms with Crippen LogP contribution in [0.1, 0.15) is 24.3 Å². The van der Waals surface area contributed by atoms with Gasteiger partial charge in [-0.2, -0.15) is 0 Å². The molecule has 0 bridgehead atoms. The Morgan fingerprint density at radius 1 is 1.27 bits per heavy atom. The van der Waals surface area contributed by atoms with Gasteiger partial charge < -0.3 is 5.32 Å². The van der Waals surface area contributed by atoms with Crippen LogP contribution in [0.2, 0.25) is 4.34 Å². The first kappa shape index (κ1) is 21.2. The van der Waals surface area contributed by atoms with Crippen molar-refractivity contribution in [3.63, 3.8) is 0 Å². The van der Waals surface area contributed by atoms with Gasteiger partial charge in [-0.05, 0) is 43.7 Å². The highest BCUT2D eigenvalue weighted by Gasteiger charge is 2.15. The Hall–Kier alpha value is -1.06. The summed E-state index contributed by atoms with van der Waals surface area (Å²) in [6.45, 7) is 3.82. The van der Waals surface area contributed by atoms with E-state index in [1.165, 1.54) is 29.2 Å². The lowest BCUT2D eigenvalue weighted by molar-refractivity contribution is -0.118. The molecular weight excluding hydrogens is 412 g/mol. The minimum absolute atomic E-state index is 0.0915. The number of hydrogen-bond acceptors (Lipinski definition) is 5. The van der Waals surface area contributed by atoms with E-state index >= 15 is 0 Å². The van der Waals surface area contributed by atoms with Crippen LogP contribution in [0.15, 0.2) is 41.3 Å². The molecule has 2 N–H and O–H groups in total. The predicted molar refractivity (Wildman–Crippen MR) is 109 cm³/mol. The van der Waals surface area contributed by atoms with Gasteiger partial charge in [0.05, 0.1) is 15.0 Å². The molecule has 2 rings (SSSR count). The second-order valence-corrected chi connectivity index (χ2v) is 10.4. The third-order valence-electron chi connectivity index (χ3n) is 3.20. The van der Waals surface area contributed by atoms with E-state index in [9.17, 15) is 13.2 Å². The van der Waals surface area contributed by atoms with Crippen molar-refractivity contribution >= 4 is 50.6 Å². The molecule has 1 aromatic heterocycles. The van der Waals surface area contributed by atoms with Gasteiger partial charge in [-0.1, -0.05) is 23.7 Å². The summed E-state index contributed by atoms with van der Waals surface area (Å²) in [5, 5.41) is 2.81. The van der Waals surface area contributed by atoms with Crippen molar-refractivity contribution in [1.82, 2.24) is 10.0 Å². The van der Waals surface area contributed by atoms with Crippen molar-refractivity contribution in [3.05, 3.63) is 51.2 Å². The number of rotatable bonds is 9. The highest BCUT2D eigenvalue weighted by molar-refractivity contribution is 7.99. The molecule has 1 heterocycles. The first-order valence-corrected chi connectivity index (χ1v) is 11.8. The van der Waals surface area contributed by atoms with Crippen LogP contribution in [-0.2, 0) is 27.1 Å². The van der Waals surface area contributed by atoms with E-state index in [2.05, 4.69) is 10.0 Å². The van der Waals surface area contributed by atoms with Gasteiger partial charge in [0.1, 0.15) is 0 Å². The van der Waals surface area contributed by atoms with Crippen LogP contribution in [0, 0.1) is 0 Å². The fraction of sp³-hybridized carbons (Fsp3) is 0.353. The molecule has 26 heavy (non-hydrogen) atoms. The van der Waals surface area contributed by atoms with Gasteiger partial charge in [-0.15, -0.1) is 23.1 Å². The second-order valence-electron chi connectivity index (χ2n) is 5.90. The van der Waals surface area contributed by atoms with E-state index in [4.69, 9.17) is 11.6 Å². The maximum absolute atomic E-state index is 12.2. The van der Waals surface area contributed by atoms with E-state index < -0.39 is 10.0 Å². The minimum atomic E-state index is -3.54. The van der Waals surface area contributed by atoms with E-state index in [0.717, 1.165) is 20.5 Å². The molecule has 0 aliphatic rings. The van der Waals surface area contributed by atoms with Crippen molar-refractivity contribution in [2.75, 3.05) is 5.75 Å². The van der Waals surface area contributed by atoms with E-state index in [-0.39, 0.29) is 23.4 Å². The van der Waals surface area contributed by atoms with Crippen LogP contribution in [0.3, 0.4) is 0 Å². The summed E-state index contributed by atoms with van der Waals surface area (Å²) in [6.07, 6.45) is 0. The second kappa shape index (κ2) is 9.75. The first-order valence-electron chi connectivity index (χ1n) is 7.96. The fourth-order valence-corrected chi connectivity index (χ4v) is 5.50. The summed E-state index contributed by atoms with van der Waals surface area (Å²) in [5.74, 6) is 0.980. The predicted octanol–water partition coefficient (Wildman–Crippen LogP) is 3.64.